The smallest absolute Gasteiger partial charge is 0.309 e. The molecule has 17 heteroatoms. The summed E-state index contributed by atoms with van der Waals surface area (Å²) in [6, 6.07) is 0. The zero-order valence-corrected chi connectivity index (χ0v) is 38.4. The molecular formula is C47H76O17. The van der Waals surface area contributed by atoms with Gasteiger partial charge in [0.15, 0.2) is 18.9 Å². The molecule has 3 heterocycles. The second-order valence-corrected chi connectivity index (χ2v) is 22.6. The first kappa shape index (κ1) is 49.0. The number of aliphatic hydroxyl groups excluding tert-OH is 9. The molecule has 8 rings (SSSR count). The molecule has 0 aromatic heterocycles. The van der Waals surface area contributed by atoms with Crippen LogP contribution < -0.4 is 0 Å². The Balaban J connectivity index is 1.07. The van der Waals surface area contributed by atoms with Gasteiger partial charge in [-0.2, -0.15) is 0 Å². The molecule has 0 unspecified atom stereocenters. The first-order valence-corrected chi connectivity index (χ1v) is 23.7. The lowest BCUT2D eigenvalue weighted by atomic mass is 9.32. The lowest BCUT2D eigenvalue weighted by Crippen LogP contribution is -2.70. The third kappa shape index (κ3) is 7.31. The number of carboxylic acids is 1. The van der Waals surface area contributed by atoms with Crippen LogP contribution in [0, 0.1) is 56.7 Å². The maximum Gasteiger partial charge on any atom is 0.309 e. The molecule has 3 saturated heterocycles. The molecule has 10 N–H and O–H groups in total. The molecule has 0 spiro atoms. The second kappa shape index (κ2) is 17.2. The molecule has 64 heavy (non-hydrogen) atoms. The fraction of sp³-hybridized carbons (Fsp3) is 0.936. The number of ether oxygens (including phenoxy) is 6. The second-order valence-electron chi connectivity index (χ2n) is 22.6. The van der Waals surface area contributed by atoms with Gasteiger partial charge in [0.1, 0.15) is 61.0 Å². The molecule has 0 aromatic carbocycles. The van der Waals surface area contributed by atoms with E-state index >= 15 is 0 Å². The Morgan fingerprint density at radius 2 is 1.36 bits per heavy atom. The van der Waals surface area contributed by atoms with Crippen molar-refractivity contribution in [3.63, 3.8) is 0 Å². The Hall–Kier alpha value is -1.39. The van der Waals surface area contributed by atoms with E-state index < -0.39 is 128 Å². The molecule has 3 aliphatic heterocycles. The monoisotopic (exact) mass is 913 g/mol. The van der Waals surface area contributed by atoms with Gasteiger partial charge < -0.3 is 79.5 Å². The van der Waals surface area contributed by atoms with E-state index in [4.69, 9.17) is 28.4 Å². The first-order chi connectivity index (χ1) is 29.9. The third-order valence-corrected chi connectivity index (χ3v) is 19.3. The molecule has 0 radical (unpaired) electrons. The summed E-state index contributed by atoms with van der Waals surface area (Å²) in [6.45, 7) is 18.0. The summed E-state index contributed by atoms with van der Waals surface area (Å²) in [5, 5.41) is 109. The van der Waals surface area contributed by atoms with Gasteiger partial charge in [0.2, 0.25) is 0 Å². The highest BCUT2D eigenvalue weighted by molar-refractivity contribution is 5.76. The SMILES string of the molecule is C=C(C)[C@@H]1CC[C@]2(C(=O)O)CC[C@]3(C)[C@H](CC[C@@H]4[C@@]5(C)C[C@@H](O)[C@H](O[C@@H]6O[C@H](CO)[C@@H](O[C@@H]7O[C@H](C)[C@@H](O)[C@H](O)[C@@H]7O)[C@H](O)[C@H]6O[C@@H]6OC[C@@H](O)[C@H](O)[C@H]6O)C(C)(C)[C@@H]5CC[C@]43C)[C@@H]12. The Labute approximate surface area is 376 Å². The van der Waals surface area contributed by atoms with Crippen LogP contribution in [0.5, 0.6) is 0 Å². The fourth-order valence-electron chi connectivity index (χ4n) is 15.8. The first-order valence-electron chi connectivity index (χ1n) is 23.7. The predicted octanol–water partition coefficient (Wildman–Crippen LogP) is 1.20. The minimum Gasteiger partial charge on any atom is -0.481 e. The van der Waals surface area contributed by atoms with Crippen LogP contribution in [0.3, 0.4) is 0 Å². The van der Waals surface area contributed by atoms with Gasteiger partial charge in [-0.05, 0) is 123 Å². The summed E-state index contributed by atoms with van der Waals surface area (Å²) in [5.41, 5.74) is -1.01. The summed E-state index contributed by atoms with van der Waals surface area (Å²) in [4.78, 5) is 13.2. The van der Waals surface area contributed by atoms with Crippen molar-refractivity contribution in [3.8, 4) is 0 Å². The van der Waals surface area contributed by atoms with Crippen molar-refractivity contribution in [1.82, 2.24) is 0 Å². The van der Waals surface area contributed by atoms with Crippen LogP contribution in [0.2, 0.25) is 0 Å². The number of carbonyl (C=O) groups is 1. The van der Waals surface area contributed by atoms with Gasteiger partial charge in [-0.25, -0.2) is 0 Å². The highest BCUT2D eigenvalue weighted by Crippen LogP contribution is 2.77. The molecule has 0 bridgehead atoms. The number of rotatable bonds is 9. The topological polar surface area (TPSA) is 275 Å². The molecule has 8 fully saturated rings. The Morgan fingerprint density at radius 1 is 0.688 bits per heavy atom. The molecule has 0 amide bonds. The van der Waals surface area contributed by atoms with Crippen LogP contribution in [0.4, 0.5) is 0 Å². The van der Waals surface area contributed by atoms with Crippen molar-refractivity contribution in [1.29, 1.82) is 0 Å². The Morgan fingerprint density at radius 3 is 2.02 bits per heavy atom. The van der Waals surface area contributed by atoms with E-state index in [1.807, 2.05) is 0 Å². The molecule has 0 aromatic rings. The van der Waals surface area contributed by atoms with Crippen molar-refractivity contribution in [2.45, 2.75) is 204 Å². The van der Waals surface area contributed by atoms with Gasteiger partial charge in [-0.3, -0.25) is 4.79 Å². The summed E-state index contributed by atoms with van der Waals surface area (Å²) < 4.78 is 36.5. The van der Waals surface area contributed by atoms with Crippen molar-refractivity contribution < 1.29 is 84.3 Å². The van der Waals surface area contributed by atoms with Gasteiger partial charge in [0.25, 0.3) is 0 Å². The minimum absolute atomic E-state index is 0.0289. The average molecular weight is 913 g/mol. The number of aliphatic carboxylic acids is 1. The van der Waals surface area contributed by atoms with E-state index in [1.54, 1.807) is 0 Å². The zero-order chi connectivity index (χ0) is 46.8. The molecule has 8 aliphatic rings. The summed E-state index contributed by atoms with van der Waals surface area (Å²) >= 11 is 0. The number of aliphatic hydroxyl groups is 9. The van der Waals surface area contributed by atoms with E-state index in [-0.39, 0.29) is 45.8 Å². The van der Waals surface area contributed by atoms with Crippen LogP contribution in [-0.4, -0.2) is 168 Å². The minimum atomic E-state index is -1.77. The van der Waals surface area contributed by atoms with E-state index in [0.29, 0.717) is 19.3 Å². The van der Waals surface area contributed by atoms with Gasteiger partial charge in [-0.15, -0.1) is 0 Å². The van der Waals surface area contributed by atoms with Crippen molar-refractivity contribution in [2.75, 3.05) is 13.2 Å². The number of hydrogen-bond donors (Lipinski definition) is 10. The molecule has 366 valence electrons. The van der Waals surface area contributed by atoms with E-state index in [0.717, 1.165) is 44.1 Å². The van der Waals surface area contributed by atoms with Crippen LogP contribution in [-0.2, 0) is 33.2 Å². The predicted molar refractivity (Wildman–Crippen MR) is 224 cm³/mol. The average Bonchev–Trinajstić information content (AvgIpc) is 3.64. The Bertz CT molecular complexity index is 1730. The summed E-state index contributed by atoms with van der Waals surface area (Å²) in [6.07, 6.45) is -16.7. The molecule has 17 nitrogen and oxygen atoms in total. The maximum atomic E-state index is 13.2. The molecular weight excluding hydrogens is 836 g/mol. The standard InChI is InChI=1S/C47H76O17/c1-20(2)22-11-14-47(42(57)58)16-15-45(7)23(29(22)47)9-10-28-44(6)17-24(49)38(43(4,5)27(44)12-13-46(28,45)8)64-41-37(63-39-33(54)31(52)25(50)19-59-39)35(56)36(26(18-48)61-41)62-40-34(55)32(53)30(51)21(3)60-40/h21-41,48-56H,1,9-19H2,2-8H3,(H,57,58)/t21-,22+,23-,24-,25-,26-,27+,28-,29-,30-,31+,32+,33-,34+,35+,36-,37-,38+,39+,40+,41+,44+,45-,46-,47+/m1/s1. The van der Waals surface area contributed by atoms with Gasteiger partial charge in [0, 0.05) is 0 Å². The van der Waals surface area contributed by atoms with Gasteiger partial charge in [0.05, 0.1) is 36.9 Å². The van der Waals surface area contributed by atoms with Crippen molar-refractivity contribution >= 4 is 5.97 Å². The number of fused-ring (bicyclic) bond motifs is 7. The Kier molecular flexibility index (Phi) is 13.2. The lowest BCUT2D eigenvalue weighted by Gasteiger charge is -2.73. The van der Waals surface area contributed by atoms with E-state index in [9.17, 15) is 55.9 Å². The highest BCUT2D eigenvalue weighted by atomic mass is 16.8. The van der Waals surface area contributed by atoms with Gasteiger partial charge >= 0.3 is 5.97 Å². The zero-order valence-electron chi connectivity index (χ0n) is 38.4. The largest absolute Gasteiger partial charge is 0.481 e. The van der Waals surface area contributed by atoms with Crippen LogP contribution >= 0.6 is 0 Å². The maximum absolute atomic E-state index is 13.2. The van der Waals surface area contributed by atoms with E-state index in [1.165, 1.54) is 6.92 Å². The number of carboxylic acid groups (broad SMARTS) is 1. The quantitative estimate of drug-likeness (QED) is 0.115. The molecule has 5 saturated carbocycles. The normalized spacial score (nSPS) is 56.0. The number of allylic oxidation sites excluding steroid dienone is 1. The van der Waals surface area contributed by atoms with Crippen molar-refractivity contribution in [3.05, 3.63) is 12.2 Å². The van der Waals surface area contributed by atoms with Crippen LogP contribution in [0.1, 0.15) is 106 Å². The third-order valence-electron chi connectivity index (χ3n) is 19.3. The summed E-state index contributed by atoms with van der Waals surface area (Å²) in [7, 11) is 0. The fourth-order valence-corrected chi connectivity index (χ4v) is 15.8. The van der Waals surface area contributed by atoms with Crippen LogP contribution in [0.15, 0.2) is 12.2 Å². The lowest BCUT2D eigenvalue weighted by molar-refractivity contribution is -0.393. The van der Waals surface area contributed by atoms with Gasteiger partial charge in [-0.1, -0.05) is 46.8 Å². The van der Waals surface area contributed by atoms with Crippen LogP contribution in [0.25, 0.3) is 0 Å². The van der Waals surface area contributed by atoms with Crippen molar-refractivity contribution in [2.24, 2.45) is 56.7 Å². The highest BCUT2D eigenvalue weighted by Gasteiger charge is 2.73. The summed E-state index contributed by atoms with van der Waals surface area (Å²) in [5.74, 6) is 0.00305. The molecule has 5 aliphatic carbocycles. The molecule has 25 atom stereocenters. The van der Waals surface area contributed by atoms with E-state index in [2.05, 4.69) is 48.1 Å². The number of hydrogen-bond acceptors (Lipinski definition) is 16.